The van der Waals surface area contributed by atoms with Gasteiger partial charge in [-0.1, -0.05) is 26.0 Å². The maximum atomic E-state index is 13.1. The molecular weight excluding hydrogens is 396 g/mol. The summed E-state index contributed by atoms with van der Waals surface area (Å²) in [6.07, 6.45) is 1.33. The van der Waals surface area contributed by atoms with Crippen molar-refractivity contribution >= 4 is 11.8 Å². The van der Waals surface area contributed by atoms with E-state index < -0.39 is 6.04 Å². The molecule has 1 atom stereocenters. The Morgan fingerprint density at radius 1 is 0.903 bits per heavy atom. The molecule has 0 heterocycles. The summed E-state index contributed by atoms with van der Waals surface area (Å²) in [6, 6.07) is 13.9. The molecule has 0 aliphatic rings. The Labute approximate surface area is 184 Å². The Kier molecular flexibility index (Phi) is 9.68. The molecule has 0 unspecified atom stereocenters. The summed E-state index contributed by atoms with van der Waals surface area (Å²) < 4.78 is 16.0. The van der Waals surface area contributed by atoms with Crippen LogP contribution in [0.4, 0.5) is 0 Å². The molecule has 0 saturated carbocycles. The zero-order valence-corrected chi connectivity index (χ0v) is 18.7. The molecule has 0 saturated heterocycles. The lowest BCUT2D eigenvalue weighted by molar-refractivity contribution is -0.143. The van der Waals surface area contributed by atoms with Gasteiger partial charge in [0.15, 0.2) is 6.61 Å². The number of hydrogen-bond acceptors (Lipinski definition) is 5. The minimum absolute atomic E-state index is 0.157. The predicted octanol–water partition coefficient (Wildman–Crippen LogP) is 3.42. The average Bonchev–Trinajstić information content (AvgIpc) is 2.81. The number of nitrogens with one attached hydrogen (secondary N) is 1. The smallest absolute Gasteiger partial charge is 0.261 e. The quantitative estimate of drug-likeness (QED) is 0.561. The van der Waals surface area contributed by atoms with Gasteiger partial charge in [-0.25, -0.2) is 0 Å². The van der Waals surface area contributed by atoms with Crippen LogP contribution in [0.1, 0.15) is 32.3 Å². The summed E-state index contributed by atoms with van der Waals surface area (Å²) in [6.45, 7) is 4.59. The van der Waals surface area contributed by atoms with Gasteiger partial charge >= 0.3 is 0 Å². The Morgan fingerprint density at radius 2 is 1.45 bits per heavy atom. The van der Waals surface area contributed by atoms with Gasteiger partial charge in [-0.3, -0.25) is 9.59 Å². The van der Waals surface area contributed by atoms with E-state index in [2.05, 4.69) is 5.32 Å². The van der Waals surface area contributed by atoms with Crippen molar-refractivity contribution in [3.63, 3.8) is 0 Å². The molecule has 168 valence electrons. The fourth-order valence-electron chi connectivity index (χ4n) is 3.11. The van der Waals surface area contributed by atoms with Gasteiger partial charge in [-0.15, -0.1) is 0 Å². The number of benzene rings is 2. The van der Waals surface area contributed by atoms with E-state index in [0.717, 1.165) is 17.7 Å². The van der Waals surface area contributed by atoms with E-state index in [0.29, 0.717) is 31.0 Å². The van der Waals surface area contributed by atoms with Gasteiger partial charge in [0.25, 0.3) is 5.91 Å². The summed E-state index contributed by atoms with van der Waals surface area (Å²) in [5, 5.41) is 2.90. The van der Waals surface area contributed by atoms with E-state index >= 15 is 0 Å². The van der Waals surface area contributed by atoms with Gasteiger partial charge < -0.3 is 24.4 Å². The number of carbonyl (C=O) groups excluding carboxylic acids is 2. The predicted molar refractivity (Wildman–Crippen MR) is 119 cm³/mol. The second-order valence-electron chi connectivity index (χ2n) is 7.05. The number of rotatable bonds is 12. The molecule has 2 amide bonds. The lowest BCUT2D eigenvalue weighted by Gasteiger charge is -2.30. The van der Waals surface area contributed by atoms with E-state index in [9.17, 15) is 9.59 Å². The van der Waals surface area contributed by atoms with Crippen molar-refractivity contribution in [3.8, 4) is 17.2 Å². The van der Waals surface area contributed by atoms with Crippen LogP contribution >= 0.6 is 0 Å². The van der Waals surface area contributed by atoms with Crippen molar-refractivity contribution in [1.82, 2.24) is 10.2 Å². The molecule has 2 aromatic carbocycles. The maximum Gasteiger partial charge on any atom is 0.261 e. The van der Waals surface area contributed by atoms with Gasteiger partial charge in [-0.05, 0) is 54.8 Å². The fourth-order valence-corrected chi connectivity index (χ4v) is 3.11. The van der Waals surface area contributed by atoms with E-state index in [1.807, 2.05) is 38.1 Å². The van der Waals surface area contributed by atoms with Gasteiger partial charge in [0, 0.05) is 13.1 Å². The second-order valence-corrected chi connectivity index (χ2v) is 7.05. The molecule has 0 fully saturated rings. The third kappa shape index (κ3) is 7.20. The molecule has 31 heavy (non-hydrogen) atoms. The van der Waals surface area contributed by atoms with Gasteiger partial charge in [0.05, 0.1) is 14.2 Å². The number of hydrogen-bond donors (Lipinski definition) is 1. The molecule has 7 nitrogen and oxygen atoms in total. The standard InChI is InChI=1S/C24H32N2O5/c1-5-15-25-24(28)22(6-2)26(16-18-7-9-19(29-3)10-8-18)23(27)17-31-21-13-11-20(30-4)12-14-21/h7-14,22H,5-6,15-17H2,1-4H3,(H,25,28)/t22-/m1/s1. The van der Waals surface area contributed by atoms with Crippen molar-refractivity contribution in [3.05, 3.63) is 54.1 Å². The highest BCUT2D eigenvalue weighted by atomic mass is 16.5. The average molecular weight is 429 g/mol. The van der Waals surface area contributed by atoms with E-state index in [-0.39, 0.29) is 18.4 Å². The van der Waals surface area contributed by atoms with Crippen molar-refractivity contribution in [2.24, 2.45) is 0 Å². The molecule has 0 aromatic heterocycles. The van der Waals surface area contributed by atoms with Crippen molar-refractivity contribution in [2.75, 3.05) is 27.4 Å². The minimum atomic E-state index is -0.583. The second kappa shape index (κ2) is 12.5. The summed E-state index contributed by atoms with van der Waals surface area (Å²) >= 11 is 0. The number of carbonyl (C=O) groups is 2. The minimum Gasteiger partial charge on any atom is -0.497 e. The Morgan fingerprint density at radius 3 is 1.97 bits per heavy atom. The highest BCUT2D eigenvalue weighted by Crippen LogP contribution is 2.19. The maximum absolute atomic E-state index is 13.1. The number of ether oxygens (including phenoxy) is 3. The van der Waals surface area contributed by atoms with Crippen LogP contribution in [0, 0.1) is 0 Å². The van der Waals surface area contributed by atoms with Crippen LogP contribution in [0.2, 0.25) is 0 Å². The zero-order valence-electron chi connectivity index (χ0n) is 18.7. The van der Waals surface area contributed by atoms with Gasteiger partial charge in [-0.2, -0.15) is 0 Å². The molecule has 0 bridgehead atoms. The molecule has 0 spiro atoms. The molecule has 0 aliphatic heterocycles. The summed E-state index contributed by atoms with van der Waals surface area (Å²) in [5.74, 6) is 1.58. The van der Waals surface area contributed by atoms with Crippen molar-refractivity contribution in [2.45, 2.75) is 39.3 Å². The highest BCUT2D eigenvalue weighted by Gasteiger charge is 2.28. The first-order chi connectivity index (χ1) is 15.0. The first-order valence-corrected chi connectivity index (χ1v) is 10.5. The van der Waals surface area contributed by atoms with Crippen LogP contribution in [0.25, 0.3) is 0 Å². The van der Waals surface area contributed by atoms with E-state index in [1.165, 1.54) is 0 Å². The van der Waals surface area contributed by atoms with Crippen molar-refractivity contribution in [1.29, 1.82) is 0 Å². The zero-order chi connectivity index (χ0) is 22.6. The van der Waals surface area contributed by atoms with Crippen LogP contribution in [0.5, 0.6) is 17.2 Å². The summed E-state index contributed by atoms with van der Waals surface area (Å²) in [5.41, 5.74) is 0.903. The summed E-state index contributed by atoms with van der Waals surface area (Å²) in [7, 11) is 3.19. The molecule has 1 N–H and O–H groups in total. The SMILES string of the molecule is CCCNC(=O)[C@@H](CC)N(Cc1ccc(OC)cc1)C(=O)COc1ccc(OC)cc1. The molecule has 0 radical (unpaired) electrons. The van der Waals surface area contributed by atoms with Crippen LogP contribution in [-0.2, 0) is 16.1 Å². The first-order valence-electron chi connectivity index (χ1n) is 10.5. The van der Waals surface area contributed by atoms with Crippen LogP contribution < -0.4 is 19.5 Å². The molecule has 2 aromatic rings. The van der Waals surface area contributed by atoms with E-state index in [1.54, 1.807) is 43.4 Å². The summed E-state index contributed by atoms with van der Waals surface area (Å²) in [4.78, 5) is 27.4. The molecule has 7 heteroatoms. The fraction of sp³-hybridized carbons (Fsp3) is 0.417. The highest BCUT2D eigenvalue weighted by molar-refractivity contribution is 5.88. The molecule has 2 rings (SSSR count). The van der Waals surface area contributed by atoms with Gasteiger partial charge in [0.1, 0.15) is 23.3 Å². The first kappa shape index (κ1) is 24.1. The largest absolute Gasteiger partial charge is 0.497 e. The third-order valence-corrected chi connectivity index (χ3v) is 4.87. The Bertz CT molecular complexity index is 821. The van der Waals surface area contributed by atoms with E-state index in [4.69, 9.17) is 14.2 Å². The lowest BCUT2D eigenvalue weighted by atomic mass is 10.1. The van der Waals surface area contributed by atoms with Crippen LogP contribution in [-0.4, -0.2) is 50.1 Å². The lowest BCUT2D eigenvalue weighted by Crippen LogP contribution is -2.50. The number of nitrogens with zero attached hydrogens (tertiary/aromatic N) is 1. The third-order valence-electron chi connectivity index (χ3n) is 4.87. The van der Waals surface area contributed by atoms with Crippen molar-refractivity contribution < 1.29 is 23.8 Å². The number of methoxy groups -OCH3 is 2. The van der Waals surface area contributed by atoms with Crippen LogP contribution in [0.3, 0.4) is 0 Å². The van der Waals surface area contributed by atoms with Crippen LogP contribution in [0.15, 0.2) is 48.5 Å². The Balaban J connectivity index is 2.16. The molecule has 0 aliphatic carbocycles. The Hall–Kier alpha value is -3.22. The molecular formula is C24H32N2O5. The topological polar surface area (TPSA) is 77.1 Å². The number of amides is 2. The normalized spacial score (nSPS) is 11.4. The van der Waals surface area contributed by atoms with Gasteiger partial charge in [0.2, 0.25) is 5.91 Å². The monoisotopic (exact) mass is 428 g/mol.